The van der Waals surface area contributed by atoms with Gasteiger partial charge in [0.05, 0.1) is 18.2 Å². The third-order valence-electron chi connectivity index (χ3n) is 3.04. The van der Waals surface area contributed by atoms with E-state index in [9.17, 15) is 18.0 Å². The molecule has 0 aliphatic carbocycles. The first kappa shape index (κ1) is 17.9. The van der Waals surface area contributed by atoms with Gasteiger partial charge in [0.2, 0.25) is 0 Å². The Hall–Kier alpha value is -2.46. The highest BCUT2D eigenvalue weighted by molar-refractivity contribution is 9.10. The molecule has 2 aromatic carbocycles. The minimum absolute atomic E-state index is 0.0596. The maximum absolute atomic E-state index is 12.7. The van der Waals surface area contributed by atoms with Crippen molar-refractivity contribution in [3.63, 3.8) is 0 Å². The fraction of sp³-hybridized carbons (Fsp3) is 0.118. The number of methoxy groups -OCH3 is 1. The van der Waals surface area contributed by atoms with Crippen molar-refractivity contribution in [2.24, 2.45) is 0 Å². The SMILES string of the molecule is COC(=O)c1cc(Br)cc(C#Cc2cc(C(F)(F)F)ccc2N)c1. The molecule has 0 bridgehead atoms. The number of carbonyl (C=O) groups excluding carboxylic acids is 1. The molecule has 124 valence electrons. The van der Waals surface area contributed by atoms with Gasteiger partial charge in [0, 0.05) is 21.3 Å². The Labute approximate surface area is 144 Å². The zero-order valence-corrected chi connectivity index (χ0v) is 14.0. The van der Waals surface area contributed by atoms with Crippen molar-refractivity contribution in [1.29, 1.82) is 0 Å². The topological polar surface area (TPSA) is 52.3 Å². The highest BCUT2D eigenvalue weighted by atomic mass is 79.9. The molecule has 0 heterocycles. The smallest absolute Gasteiger partial charge is 0.416 e. The number of carbonyl (C=O) groups is 1. The zero-order valence-electron chi connectivity index (χ0n) is 12.4. The Bertz CT molecular complexity index is 851. The summed E-state index contributed by atoms with van der Waals surface area (Å²) < 4.78 is 43.5. The molecule has 0 saturated carbocycles. The lowest BCUT2D eigenvalue weighted by molar-refractivity contribution is -0.137. The number of nitrogens with two attached hydrogens (primary N) is 1. The van der Waals surface area contributed by atoms with Crippen LogP contribution in [0.5, 0.6) is 0 Å². The molecule has 0 atom stereocenters. The van der Waals surface area contributed by atoms with E-state index in [-0.39, 0.29) is 16.8 Å². The zero-order chi connectivity index (χ0) is 17.9. The summed E-state index contributed by atoms with van der Waals surface area (Å²) in [6, 6.07) is 7.61. The van der Waals surface area contributed by atoms with Crippen LogP contribution in [0.2, 0.25) is 0 Å². The van der Waals surface area contributed by atoms with Crippen LogP contribution in [0.1, 0.15) is 27.0 Å². The second kappa shape index (κ2) is 6.97. The second-order valence-corrected chi connectivity index (χ2v) is 5.69. The van der Waals surface area contributed by atoms with Crippen molar-refractivity contribution < 1.29 is 22.7 Å². The summed E-state index contributed by atoms with van der Waals surface area (Å²) in [6.07, 6.45) is -4.47. The lowest BCUT2D eigenvalue weighted by atomic mass is 10.1. The van der Waals surface area contributed by atoms with Gasteiger partial charge in [-0.3, -0.25) is 0 Å². The van der Waals surface area contributed by atoms with Crippen LogP contribution < -0.4 is 5.73 Å². The number of rotatable bonds is 1. The molecular weight excluding hydrogens is 387 g/mol. The maximum Gasteiger partial charge on any atom is 0.416 e. The van der Waals surface area contributed by atoms with Crippen LogP contribution in [-0.4, -0.2) is 13.1 Å². The van der Waals surface area contributed by atoms with Crippen molar-refractivity contribution in [2.45, 2.75) is 6.18 Å². The number of anilines is 1. The number of hydrogen-bond donors (Lipinski definition) is 1. The monoisotopic (exact) mass is 397 g/mol. The normalized spacial score (nSPS) is 10.7. The van der Waals surface area contributed by atoms with Crippen LogP contribution in [0.25, 0.3) is 0 Å². The van der Waals surface area contributed by atoms with E-state index in [0.717, 1.165) is 18.2 Å². The molecule has 0 aromatic heterocycles. The molecule has 24 heavy (non-hydrogen) atoms. The minimum atomic E-state index is -4.47. The molecular formula is C17H11BrF3NO2. The van der Waals surface area contributed by atoms with Gasteiger partial charge < -0.3 is 10.5 Å². The molecule has 2 N–H and O–H groups in total. The van der Waals surface area contributed by atoms with Crippen molar-refractivity contribution in [3.8, 4) is 11.8 Å². The Morgan fingerprint density at radius 1 is 1.17 bits per heavy atom. The number of nitrogen functional groups attached to an aromatic ring is 1. The first-order valence-corrected chi connectivity index (χ1v) is 7.37. The van der Waals surface area contributed by atoms with E-state index in [1.807, 2.05) is 0 Å². The third-order valence-corrected chi connectivity index (χ3v) is 3.50. The van der Waals surface area contributed by atoms with E-state index in [2.05, 4.69) is 32.5 Å². The third kappa shape index (κ3) is 4.30. The summed E-state index contributed by atoms with van der Waals surface area (Å²) in [6.45, 7) is 0. The van der Waals surface area contributed by atoms with Crippen LogP contribution in [0.3, 0.4) is 0 Å². The molecule has 7 heteroatoms. The summed E-state index contributed by atoms with van der Waals surface area (Å²) in [5.41, 5.74) is 5.75. The van der Waals surface area contributed by atoms with E-state index >= 15 is 0 Å². The molecule has 0 radical (unpaired) electrons. The van der Waals surface area contributed by atoms with Crippen LogP contribution in [0.15, 0.2) is 40.9 Å². The van der Waals surface area contributed by atoms with Crippen LogP contribution in [0.4, 0.5) is 18.9 Å². The van der Waals surface area contributed by atoms with Gasteiger partial charge in [0.15, 0.2) is 0 Å². The van der Waals surface area contributed by atoms with Gasteiger partial charge in [-0.1, -0.05) is 27.8 Å². The van der Waals surface area contributed by atoms with Crippen LogP contribution in [-0.2, 0) is 10.9 Å². The number of halogens is 4. The van der Waals surface area contributed by atoms with Crippen LogP contribution >= 0.6 is 15.9 Å². The predicted molar refractivity (Wildman–Crippen MR) is 87.3 cm³/mol. The molecule has 0 unspecified atom stereocenters. The Balaban J connectivity index is 2.43. The highest BCUT2D eigenvalue weighted by Crippen LogP contribution is 2.31. The standard InChI is InChI=1S/C17H11BrF3NO2/c1-24-16(23)12-6-10(7-14(18)9-12)2-3-11-8-13(17(19,20)21)4-5-15(11)22/h4-9H,22H2,1H3. The first-order chi connectivity index (χ1) is 11.2. The lowest BCUT2D eigenvalue weighted by Crippen LogP contribution is -2.06. The van der Waals surface area contributed by atoms with Crippen molar-refractivity contribution >= 4 is 27.6 Å². The highest BCUT2D eigenvalue weighted by Gasteiger charge is 2.30. The molecule has 0 saturated heterocycles. The van der Waals surface area contributed by atoms with E-state index < -0.39 is 17.7 Å². The quantitative estimate of drug-likeness (QED) is 0.444. The number of hydrogen-bond acceptors (Lipinski definition) is 3. The summed E-state index contributed by atoms with van der Waals surface area (Å²) in [4.78, 5) is 11.6. The van der Waals surface area contributed by atoms with Gasteiger partial charge in [0.25, 0.3) is 0 Å². The minimum Gasteiger partial charge on any atom is -0.465 e. The predicted octanol–water partition coefficient (Wildman–Crippen LogP) is 4.24. The second-order valence-electron chi connectivity index (χ2n) is 4.77. The van der Waals surface area contributed by atoms with E-state index in [1.165, 1.54) is 13.2 Å². The number of benzene rings is 2. The fourth-order valence-corrected chi connectivity index (χ4v) is 2.37. The van der Waals surface area contributed by atoms with Gasteiger partial charge in [-0.25, -0.2) is 4.79 Å². The summed E-state index contributed by atoms with van der Waals surface area (Å²) in [5, 5.41) is 0. The van der Waals surface area contributed by atoms with E-state index in [1.54, 1.807) is 12.1 Å². The Morgan fingerprint density at radius 3 is 2.50 bits per heavy atom. The van der Waals surface area contributed by atoms with E-state index in [4.69, 9.17) is 5.73 Å². The molecule has 0 amide bonds. The molecule has 0 aliphatic heterocycles. The Morgan fingerprint density at radius 2 is 1.88 bits per heavy atom. The van der Waals surface area contributed by atoms with Gasteiger partial charge in [-0.2, -0.15) is 13.2 Å². The molecule has 0 aliphatic rings. The molecule has 3 nitrogen and oxygen atoms in total. The largest absolute Gasteiger partial charge is 0.465 e. The molecule has 2 aromatic rings. The van der Waals surface area contributed by atoms with E-state index in [0.29, 0.717) is 10.0 Å². The first-order valence-electron chi connectivity index (χ1n) is 6.58. The summed E-state index contributed by atoms with van der Waals surface area (Å²) in [7, 11) is 1.25. The molecule has 0 spiro atoms. The van der Waals surface area contributed by atoms with Gasteiger partial charge in [-0.15, -0.1) is 0 Å². The number of ether oxygens (including phenoxy) is 1. The van der Waals surface area contributed by atoms with Crippen molar-refractivity contribution in [1.82, 2.24) is 0 Å². The van der Waals surface area contributed by atoms with Crippen LogP contribution in [0, 0.1) is 11.8 Å². The van der Waals surface area contributed by atoms with Gasteiger partial charge in [0.1, 0.15) is 0 Å². The number of esters is 1. The van der Waals surface area contributed by atoms with Crippen molar-refractivity contribution in [3.05, 3.63) is 63.1 Å². The maximum atomic E-state index is 12.7. The lowest BCUT2D eigenvalue weighted by Gasteiger charge is -2.07. The average Bonchev–Trinajstić information content (AvgIpc) is 2.51. The fourth-order valence-electron chi connectivity index (χ4n) is 1.88. The van der Waals surface area contributed by atoms with Gasteiger partial charge in [-0.05, 0) is 36.4 Å². The average molecular weight is 398 g/mol. The van der Waals surface area contributed by atoms with Crippen molar-refractivity contribution in [2.75, 3.05) is 12.8 Å². The summed E-state index contributed by atoms with van der Waals surface area (Å²) >= 11 is 3.24. The number of alkyl halides is 3. The Kier molecular flexibility index (Phi) is 5.20. The summed E-state index contributed by atoms with van der Waals surface area (Å²) in [5.74, 6) is 4.77. The molecule has 0 fully saturated rings. The van der Waals surface area contributed by atoms with Gasteiger partial charge >= 0.3 is 12.1 Å². The molecule has 2 rings (SSSR count).